The molecule has 1 aliphatic heterocycles. The SMILES string of the molecule is CN(C)CCNNC(=O)N1CCC(c2c[nH]c3ccccc23)CC1. The molecule has 0 atom stereocenters. The zero-order chi connectivity index (χ0) is 16.9. The Hall–Kier alpha value is -2.05. The number of amides is 2. The Kier molecular flexibility index (Phi) is 5.37. The topological polar surface area (TPSA) is 63.4 Å². The van der Waals surface area contributed by atoms with E-state index in [1.54, 1.807) is 0 Å². The number of para-hydroxylation sites is 1. The molecule has 1 aromatic carbocycles. The molecule has 1 fully saturated rings. The minimum Gasteiger partial charge on any atom is -0.361 e. The van der Waals surface area contributed by atoms with Crippen molar-refractivity contribution in [3.8, 4) is 0 Å². The summed E-state index contributed by atoms with van der Waals surface area (Å²) < 4.78 is 0. The van der Waals surface area contributed by atoms with E-state index in [1.807, 2.05) is 19.0 Å². The van der Waals surface area contributed by atoms with E-state index < -0.39 is 0 Å². The quantitative estimate of drug-likeness (QED) is 0.582. The smallest absolute Gasteiger partial charge is 0.331 e. The van der Waals surface area contributed by atoms with E-state index in [0.717, 1.165) is 39.0 Å². The summed E-state index contributed by atoms with van der Waals surface area (Å²) in [5.74, 6) is 0.520. The lowest BCUT2D eigenvalue weighted by atomic mass is 9.89. The molecule has 24 heavy (non-hydrogen) atoms. The number of benzene rings is 1. The molecule has 0 unspecified atom stereocenters. The van der Waals surface area contributed by atoms with E-state index in [1.165, 1.54) is 16.5 Å². The largest absolute Gasteiger partial charge is 0.361 e. The number of fused-ring (bicyclic) bond motifs is 1. The Morgan fingerprint density at radius 2 is 2.04 bits per heavy atom. The van der Waals surface area contributed by atoms with Crippen LogP contribution < -0.4 is 10.9 Å². The number of aromatic nitrogens is 1. The van der Waals surface area contributed by atoms with Crippen LogP contribution in [0.15, 0.2) is 30.5 Å². The van der Waals surface area contributed by atoms with E-state index in [9.17, 15) is 4.79 Å². The molecule has 3 rings (SSSR count). The van der Waals surface area contributed by atoms with Crippen molar-refractivity contribution in [1.29, 1.82) is 0 Å². The Bertz CT molecular complexity index is 673. The fraction of sp³-hybridized carbons (Fsp3) is 0.500. The third-order valence-electron chi connectivity index (χ3n) is 4.72. The van der Waals surface area contributed by atoms with Crippen molar-refractivity contribution in [3.63, 3.8) is 0 Å². The monoisotopic (exact) mass is 329 g/mol. The van der Waals surface area contributed by atoms with Gasteiger partial charge in [0.15, 0.2) is 0 Å². The Morgan fingerprint density at radius 1 is 1.29 bits per heavy atom. The first-order valence-corrected chi connectivity index (χ1v) is 8.63. The van der Waals surface area contributed by atoms with Crippen molar-refractivity contribution in [2.45, 2.75) is 18.8 Å². The summed E-state index contributed by atoms with van der Waals surface area (Å²) in [6.07, 6.45) is 4.15. The van der Waals surface area contributed by atoms with Gasteiger partial charge >= 0.3 is 6.03 Å². The molecule has 2 aromatic rings. The predicted molar refractivity (Wildman–Crippen MR) is 96.9 cm³/mol. The van der Waals surface area contributed by atoms with Crippen LogP contribution in [0.4, 0.5) is 4.79 Å². The van der Waals surface area contributed by atoms with E-state index in [-0.39, 0.29) is 6.03 Å². The van der Waals surface area contributed by atoms with E-state index in [4.69, 9.17) is 0 Å². The van der Waals surface area contributed by atoms with Crippen LogP contribution in [-0.4, -0.2) is 61.1 Å². The molecule has 0 bridgehead atoms. The lowest BCUT2D eigenvalue weighted by molar-refractivity contribution is 0.176. The van der Waals surface area contributed by atoms with Crippen LogP contribution in [0.3, 0.4) is 0 Å². The van der Waals surface area contributed by atoms with Gasteiger partial charge in [0.25, 0.3) is 0 Å². The summed E-state index contributed by atoms with van der Waals surface area (Å²) in [6, 6.07) is 8.40. The summed E-state index contributed by atoms with van der Waals surface area (Å²) in [5, 5.41) is 1.31. The third-order valence-corrected chi connectivity index (χ3v) is 4.72. The van der Waals surface area contributed by atoms with Gasteiger partial charge in [-0.2, -0.15) is 0 Å². The zero-order valence-electron chi connectivity index (χ0n) is 14.5. The molecule has 0 saturated carbocycles. The number of hydrogen-bond acceptors (Lipinski definition) is 3. The number of hydrazine groups is 1. The first-order chi connectivity index (χ1) is 11.6. The Balaban J connectivity index is 1.49. The fourth-order valence-corrected chi connectivity index (χ4v) is 3.32. The van der Waals surface area contributed by atoms with Crippen molar-refractivity contribution < 1.29 is 4.79 Å². The molecule has 6 nitrogen and oxygen atoms in total. The highest BCUT2D eigenvalue weighted by Gasteiger charge is 2.25. The van der Waals surface area contributed by atoms with Crippen molar-refractivity contribution >= 4 is 16.9 Å². The molecule has 0 radical (unpaired) electrons. The van der Waals surface area contributed by atoms with Crippen LogP contribution in [0, 0.1) is 0 Å². The second kappa shape index (κ2) is 7.68. The number of aromatic amines is 1. The first-order valence-electron chi connectivity index (χ1n) is 8.63. The first kappa shape index (κ1) is 16.8. The van der Waals surface area contributed by atoms with Gasteiger partial charge in [-0.15, -0.1) is 0 Å². The number of nitrogens with one attached hydrogen (secondary N) is 3. The molecule has 0 aliphatic carbocycles. The Labute approximate surface area is 143 Å². The minimum absolute atomic E-state index is 0.0221. The van der Waals surface area contributed by atoms with Crippen molar-refractivity contribution in [3.05, 3.63) is 36.0 Å². The summed E-state index contributed by atoms with van der Waals surface area (Å²) >= 11 is 0. The molecule has 3 N–H and O–H groups in total. The van der Waals surface area contributed by atoms with Gasteiger partial charge in [-0.25, -0.2) is 10.2 Å². The van der Waals surface area contributed by atoms with Crippen molar-refractivity contribution in [1.82, 2.24) is 25.6 Å². The molecule has 1 aliphatic rings. The normalized spacial score (nSPS) is 16.0. The summed E-state index contributed by atoms with van der Waals surface area (Å²) in [4.78, 5) is 19.5. The summed E-state index contributed by atoms with van der Waals surface area (Å²) in [5.41, 5.74) is 8.36. The number of nitrogens with zero attached hydrogens (tertiary/aromatic N) is 2. The van der Waals surface area contributed by atoms with Crippen LogP contribution in [0.1, 0.15) is 24.3 Å². The van der Waals surface area contributed by atoms with Crippen LogP contribution in [-0.2, 0) is 0 Å². The molecule has 6 heteroatoms. The van der Waals surface area contributed by atoms with E-state index in [0.29, 0.717) is 5.92 Å². The van der Waals surface area contributed by atoms with Crippen LogP contribution in [0.2, 0.25) is 0 Å². The van der Waals surface area contributed by atoms with E-state index in [2.05, 4.69) is 51.2 Å². The number of likely N-dealkylation sites (N-methyl/N-ethyl adjacent to an activating group) is 1. The number of H-pyrrole nitrogens is 1. The average molecular weight is 329 g/mol. The standard InChI is InChI=1S/C18H27N5O/c1-22(2)12-9-20-21-18(24)23-10-7-14(8-11-23)16-13-19-17-6-4-3-5-15(16)17/h3-6,13-14,19-20H,7-12H2,1-2H3,(H,21,24). The molecule has 2 heterocycles. The molecule has 1 saturated heterocycles. The summed E-state index contributed by atoms with van der Waals surface area (Å²) in [6.45, 7) is 3.23. The molecular formula is C18H27N5O. The van der Waals surface area contributed by atoms with Crippen LogP contribution in [0.25, 0.3) is 10.9 Å². The maximum atomic E-state index is 12.2. The highest BCUT2D eigenvalue weighted by molar-refractivity contribution is 5.83. The van der Waals surface area contributed by atoms with Gasteiger partial charge in [0.2, 0.25) is 0 Å². The Morgan fingerprint density at radius 3 is 2.79 bits per heavy atom. The predicted octanol–water partition coefficient (Wildman–Crippen LogP) is 2.12. The molecule has 130 valence electrons. The minimum atomic E-state index is -0.0221. The number of likely N-dealkylation sites (tertiary alicyclic amines) is 1. The van der Waals surface area contributed by atoms with Gasteiger partial charge in [0.05, 0.1) is 0 Å². The van der Waals surface area contributed by atoms with Crippen LogP contribution >= 0.6 is 0 Å². The highest BCUT2D eigenvalue weighted by atomic mass is 16.2. The van der Waals surface area contributed by atoms with Crippen molar-refractivity contribution in [2.75, 3.05) is 40.3 Å². The zero-order valence-corrected chi connectivity index (χ0v) is 14.5. The second-order valence-electron chi connectivity index (χ2n) is 6.71. The fourth-order valence-electron chi connectivity index (χ4n) is 3.32. The average Bonchev–Trinajstić information content (AvgIpc) is 3.02. The number of carbonyl (C=O) groups is 1. The number of hydrogen-bond donors (Lipinski definition) is 3. The number of urea groups is 1. The van der Waals surface area contributed by atoms with Gasteiger partial charge in [-0.1, -0.05) is 18.2 Å². The van der Waals surface area contributed by atoms with Crippen molar-refractivity contribution in [2.24, 2.45) is 0 Å². The van der Waals surface area contributed by atoms with Gasteiger partial charge in [-0.3, -0.25) is 5.43 Å². The molecular weight excluding hydrogens is 302 g/mol. The number of carbonyl (C=O) groups excluding carboxylic acids is 1. The number of piperidine rings is 1. The second-order valence-corrected chi connectivity index (χ2v) is 6.71. The van der Waals surface area contributed by atoms with Gasteiger partial charge < -0.3 is 14.8 Å². The van der Waals surface area contributed by atoms with E-state index >= 15 is 0 Å². The lowest BCUT2D eigenvalue weighted by Gasteiger charge is -2.32. The molecule has 2 amide bonds. The molecule has 1 aromatic heterocycles. The van der Waals surface area contributed by atoms with Gasteiger partial charge in [-0.05, 0) is 44.5 Å². The maximum absolute atomic E-state index is 12.2. The summed E-state index contributed by atoms with van der Waals surface area (Å²) in [7, 11) is 4.03. The third kappa shape index (κ3) is 3.88. The lowest BCUT2D eigenvalue weighted by Crippen LogP contribution is -2.50. The molecule has 0 spiro atoms. The van der Waals surface area contributed by atoms with Gasteiger partial charge in [0.1, 0.15) is 0 Å². The number of rotatable bonds is 5. The maximum Gasteiger partial charge on any atom is 0.331 e. The van der Waals surface area contributed by atoms with Gasteiger partial charge in [0, 0.05) is 43.3 Å². The van der Waals surface area contributed by atoms with Crippen LogP contribution in [0.5, 0.6) is 0 Å². The highest BCUT2D eigenvalue weighted by Crippen LogP contribution is 2.32.